The van der Waals surface area contributed by atoms with E-state index in [-0.39, 0.29) is 4.00 Å². The highest BCUT2D eigenvalue weighted by molar-refractivity contribution is 6.09. The second-order valence-corrected chi connectivity index (χ2v) is 3.86. The third kappa shape index (κ3) is 4.73. The number of unbranched alkanes of at least 4 members (excludes halogenated alkanes) is 2. The quantitative estimate of drug-likeness (QED) is 0.448. The standard InChI is InChI=1S/C9H19ClNO/c1-3-5-7-11(10,9-12)8-6-4-2/h9H,3-8H2,1-2H3/q+1. The summed E-state index contributed by atoms with van der Waals surface area (Å²) in [5.41, 5.74) is 0. The average molecular weight is 193 g/mol. The van der Waals surface area contributed by atoms with Crippen LogP contribution in [0.3, 0.4) is 0 Å². The highest BCUT2D eigenvalue weighted by Gasteiger charge is 2.23. The van der Waals surface area contributed by atoms with Crippen molar-refractivity contribution in [1.82, 2.24) is 0 Å². The van der Waals surface area contributed by atoms with Crippen LogP contribution < -0.4 is 0 Å². The van der Waals surface area contributed by atoms with E-state index in [9.17, 15) is 4.79 Å². The summed E-state index contributed by atoms with van der Waals surface area (Å²) >= 11 is 6.05. The Morgan fingerprint density at radius 3 is 1.83 bits per heavy atom. The lowest BCUT2D eigenvalue weighted by Crippen LogP contribution is -2.38. The molecule has 0 saturated heterocycles. The second kappa shape index (κ2) is 6.44. The fourth-order valence-electron chi connectivity index (χ4n) is 1.06. The highest BCUT2D eigenvalue weighted by Crippen LogP contribution is 2.12. The van der Waals surface area contributed by atoms with Gasteiger partial charge >= 0.3 is 6.41 Å². The van der Waals surface area contributed by atoms with Gasteiger partial charge in [-0.15, -0.1) is 0 Å². The van der Waals surface area contributed by atoms with Crippen molar-refractivity contribution in [3.8, 4) is 0 Å². The highest BCUT2D eigenvalue weighted by atomic mass is 35.5. The monoisotopic (exact) mass is 192 g/mol. The first-order chi connectivity index (χ1) is 5.68. The number of hydrogen-bond donors (Lipinski definition) is 0. The lowest BCUT2D eigenvalue weighted by molar-refractivity contribution is -0.727. The summed E-state index contributed by atoms with van der Waals surface area (Å²) in [4.78, 5) is 10.7. The van der Waals surface area contributed by atoms with Crippen molar-refractivity contribution in [2.24, 2.45) is 0 Å². The van der Waals surface area contributed by atoms with Gasteiger partial charge in [0.1, 0.15) is 13.1 Å². The maximum Gasteiger partial charge on any atom is 0.319 e. The Hall–Kier alpha value is -0.0800. The summed E-state index contributed by atoms with van der Waals surface area (Å²) in [7, 11) is 0. The molecule has 0 aromatic heterocycles. The molecule has 0 saturated carbocycles. The summed E-state index contributed by atoms with van der Waals surface area (Å²) in [5.74, 6) is 0. The minimum Gasteiger partial charge on any atom is -0.232 e. The lowest BCUT2D eigenvalue weighted by Gasteiger charge is -2.21. The summed E-state index contributed by atoms with van der Waals surface area (Å²) < 4.78 is 0.0711. The zero-order chi connectivity index (χ0) is 9.45. The molecule has 0 aromatic carbocycles. The van der Waals surface area contributed by atoms with Gasteiger partial charge in [-0.05, 0) is 12.8 Å². The van der Waals surface area contributed by atoms with Crippen LogP contribution in [0.1, 0.15) is 39.5 Å². The first-order valence-corrected chi connectivity index (χ1v) is 5.05. The van der Waals surface area contributed by atoms with E-state index in [1.807, 2.05) is 0 Å². The number of halogens is 1. The Bertz CT molecular complexity index is 120. The van der Waals surface area contributed by atoms with Crippen LogP contribution in [0, 0.1) is 0 Å². The predicted octanol–water partition coefficient (Wildman–Crippen LogP) is 2.71. The van der Waals surface area contributed by atoms with Gasteiger partial charge in [0.25, 0.3) is 0 Å². The largest absolute Gasteiger partial charge is 0.319 e. The molecule has 1 amide bonds. The number of rotatable bonds is 7. The normalized spacial score (nSPS) is 11.6. The molecule has 0 atom stereocenters. The lowest BCUT2D eigenvalue weighted by atomic mass is 10.3. The molecule has 12 heavy (non-hydrogen) atoms. The van der Waals surface area contributed by atoms with Crippen molar-refractivity contribution < 1.29 is 8.80 Å². The zero-order valence-electron chi connectivity index (χ0n) is 8.05. The van der Waals surface area contributed by atoms with Crippen molar-refractivity contribution in [2.75, 3.05) is 13.1 Å². The molecule has 0 aliphatic heterocycles. The Labute approximate surface area is 80.2 Å². The van der Waals surface area contributed by atoms with Gasteiger partial charge < -0.3 is 0 Å². The molecule has 0 fully saturated rings. The fraction of sp³-hybridized carbons (Fsp3) is 0.889. The second-order valence-electron chi connectivity index (χ2n) is 3.19. The number of carbonyl (C=O) groups excluding carboxylic acids is 1. The van der Waals surface area contributed by atoms with E-state index in [2.05, 4.69) is 13.8 Å². The molecule has 0 spiro atoms. The van der Waals surface area contributed by atoms with Gasteiger partial charge in [0.15, 0.2) is 11.8 Å². The van der Waals surface area contributed by atoms with Crippen LogP contribution in [0.4, 0.5) is 0 Å². The number of hydrogen-bond acceptors (Lipinski definition) is 1. The Balaban J connectivity index is 3.78. The van der Waals surface area contributed by atoms with E-state index in [4.69, 9.17) is 11.8 Å². The van der Waals surface area contributed by atoms with Crippen molar-refractivity contribution in [1.29, 1.82) is 0 Å². The van der Waals surface area contributed by atoms with Crippen LogP contribution in [0.15, 0.2) is 0 Å². The summed E-state index contributed by atoms with van der Waals surface area (Å²) in [6.45, 7) is 5.74. The van der Waals surface area contributed by atoms with Crippen molar-refractivity contribution in [2.45, 2.75) is 39.5 Å². The van der Waals surface area contributed by atoms with Crippen LogP contribution in [0.2, 0.25) is 0 Å². The maximum absolute atomic E-state index is 10.7. The predicted molar refractivity (Wildman–Crippen MR) is 51.7 cm³/mol. The van der Waals surface area contributed by atoms with E-state index in [0.29, 0.717) is 0 Å². The number of quaternary nitrogens is 1. The van der Waals surface area contributed by atoms with E-state index in [1.54, 1.807) is 0 Å². The molecule has 0 aliphatic carbocycles. The topological polar surface area (TPSA) is 17.1 Å². The molecule has 3 heteroatoms. The first-order valence-electron chi connectivity index (χ1n) is 4.71. The molecule has 0 radical (unpaired) electrons. The number of carbonyl (C=O) groups is 1. The molecule has 0 bridgehead atoms. The van der Waals surface area contributed by atoms with Crippen LogP contribution in [-0.2, 0) is 4.79 Å². The van der Waals surface area contributed by atoms with Gasteiger partial charge in [0.2, 0.25) is 0 Å². The van der Waals surface area contributed by atoms with Crippen LogP contribution in [0.25, 0.3) is 0 Å². The molecule has 0 unspecified atom stereocenters. The maximum atomic E-state index is 10.7. The van der Waals surface area contributed by atoms with Crippen LogP contribution in [-0.4, -0.2) is 23.5 Å². The molecule has 0 N–H and O–H groups in total. The molecule has 0 heterocycles. The van der Waals surface area contributed by atoms with E-state index in [0.717, 1.165) is 45.2 Å². The zero-order valence-corrected chi connectivity index (χ0v) is 8.81. The van der Waals surface area contributed by atoms with Gasteiger partial charge in [-0.2, -0.15) is 4.00 Å². The van der Waals surface area contributed by atoms with Gasteiger partial charge in [0.05, 0.1) is 0 Å². The van der Waals surface area contributed by atoms with Gasteiger partial charge in [-0.25, -0.2) is 4.79 Å². The Kier molecular flexibility index (Phi) is 6.39. The summed E-state index contributed by atoms with van der Waals surface area (Å²) in [5, 5.41) is 0. The fourth-order valence-corrected chi connectivity index (χ4v) is 1.30. The summed E-state index contributed by atoms with van der Waals surface area (Å²) in [6, 6.07) is 0. The van der Waals surface area contributed by atoms with Crippen molar-refractivity contribution in [3.05, 3.63) is 0 Å². The molecule has 2 nitrogen and oxygen atoms in total. The number of amides is 1. The smallest absolute Gasteiger partial charge is 0.232 e. The third-order valence-electron chi connectivity index (χ3n) is 1.96. The molecule has 0 aromatic rings. The molecule has 0 aliphatic rings. The third-order valence-corrected chi connectivity index (χ3v) is 2.37. The summed E-state index contributed by atoms with van der Waals surface area (Å²) in [6.07, 6.45) is 5.07. The van der Waals surface area contributed by atoms with Gasteiger partial charge in [0, 0.05) is 0 Å². The molecular formula is C9H19ClNO+. The van der Waals surface area contributed by atoms with Gasteiger partial charge in [-0.1, -0.05) is 26.7 Å². The van der Waals surface area contributed by atoms with Crippen molar-refractivity contribution in [3.63, 3.8) is 0 Å². The van der Waals surface area contributed by atoms with Crippen molar-refractivity contribution >= 4 is 18.2 Å². The molecule has 72 valence electrons. The SMILES string of the molecule is CCCC[N+](Cl)(C=O)CCCC. The molecule has 0 rings (SSSR count). The Morgan fingerprint density at radius 2 is 1.58 bits per heavy atom. The minimum absolute atomic E-state index is 0.0711. The number of nitrogens with zero attached hydrogens (tertiary/aromatic N) is 1. The minimum atomic E-state index is 0.0711. The van der Waals surface area contributed by atoms with Crippen LogP contribution in [0.5, 0.6) is 0 Å². The van der Waals surface area contributed by atoms with Crippen LogP contribution >= 0.6 is 11.8 Å². The Morgan fingerprint density at radius 1 is 1.17 bits per heavy atom. The average Bonchev–Trinajstić information content (AvgIpc) is 2.11. The van der Waals surface area contributed by atoms with E-state index < -0.39 is 0 Å². The first kappa shape index (κ1) is 11.9. The van der Waals surface area contributed by atoms with Gasteiger partial charge in [-0.3, -0.25) is 0 Å². The van der Waals surface area contributed by atoms with E-state index >= 15 is 0 Å². The van der Waals surface area contributed by atoms with E-state index in [1.165, 1.54) is 0 Å². The molecular weight excluding hydrogens is 174 g/mol.